The highest BCUT2D eigenvalue weighted by Gasteiger charge is 2.25. The first-order chi connectivity index (χ1) is 15.6. The number of ether oxygens (including phenoxy) is 3. The van der Waals surface area contributed by atoms with Crippen LogP contribution in [0.3, 0.4) is 0 Å². The molecule has 3 rings (SSSR count). The van der Waals surface area contributed by atoms with Gasteiger partial charge in [0, 0.05) is 19.7 Å². The van der Waals surface area contributed by atoms with Crippen LogP contribution < -0.4 is 9.47 Å². The fourth-order valence-corrected chi connectivity index (χ4v) is 3.07. The Bertz CT molecular complexity index is 1090. The lowest BCUT2D eigenvalue weighted by molar-refractivity contribution is -0.131. The molecule has 1 amide bonds. The van der Waals surface area contributed by atoms with Gasteiger partial charge in [0.25, 0.3) is 5.91 Å². The highest BCUT2D eigenvalue weighted by molar-refractivity contribution is 6.12. The summed E-state index contributed by atoms with van der Waals surface area (Å²) in [6, 6.07) is 13.1. The number of esters is 1. The molecular weight excluding hydrogens is 420 g/mol. The number of amides is 1. The van der Waals surface area contributed by atoms with Crippen LogP contribution in [0.5, 0.6) is 11.5 Å². The number of aliphatic imine (C=N–C) groups is 1. The normalized spacial score (nSPS) is 14.7. The van der Waals surface area contributed by atoms with Crippen LogP contribution in [-0.4, -0.2) is 50.0 Å². The number of carbonyl (C=O) groups excluding carboxylic acids is 2. The zero-order valence-corrected chi connectivity index (χ0v) is 20.0. The number of rotatable bonds is 7. The molecule has 1 heterocycles. The van der Waals surface area contributed by atoms with E-state index < -0.39 is 5.97 Å². The predicted molar refractivity (Wildman–Crippen MR) is 128 cm³/mol. The van der Waals surface area contributed by atoms with Gasteiger partial charge in [-0.3, -0.25) is 4.79 Å². The monoisotopic (exact) mass is 450 g/mol. The second-order valence-electron chi connectivity index (χ2n) is 8.88. The maximum Gasteiger partial charge on any atom is 0.363 e. The predicted octanol–water partition coefficient (Wildman–Crippen LogP) is 4.19. The van der Waals surface area contributed by atoms with Gasteiger partial charge in [0.15, 0.2) is 23.8 Å². The average molecular weight is 451 g/mol. The van der Waals surface area contributed by atoms with E-state index in [2.05, 4.69) is 25.8 Å². The van der Waals surface area contributed by atoms with Crippen LogP contribution in [0.4, 0.5) is 0 Å². The van der Waals surface area contributed by atoms with Gasteiger partial charge in [0.05, 0.1) is 6.61 Å². The standard InChI is InChI=1S/C26H30N2O5/c1-7-31-22-15-17(8-13-21(22)32-16-23(29)28(5)6)14-20-25(30)33-24(27-20)18-9-11-19(12-10-18)26(2,3)4/h8-15H,7,16H2,1-6H3/b20-14+. The Hall–Kier alpha value is -3.61. The van der Waals surface area contributed by atoms with Gasteiger partial charge < -0.3 is 19.1 Å². The van der Waals surface area contributed by atoms with Crippen molar-refractivity contribution in [2.45, 2.75) is 33.1 Å². The zero-order chi connectivity index (χ0) is 24.2. The maximum atomic E-state index is 12.4. The average Bonchev–Trinajstić information content (AvgIpc) is 3.12. The second-order valence-corrected chi connectivity index (χ2v) is 8.88. The van der Waals surface area contributed by atoms with Gasteiger partial charge >= 0.3 is 5.97 Å². The second kappa shape index (κ2) is 9.90. The highest BCUT2D eigenvalue weighted by Crippen LogP contribution is 2.30. The van der Waals surface area contributed by atoms with E-state index in [0.717, 1.165) is 5.56 Å². The Morgan fingerprint density at radius 2 is 1.76 bits per heavy atom. The van der Waals surface area contributed by atoms with Gasteiger partial charge in [-0.25, -0.2) is 9.79 Å². The molecule has 2 aromatic rings. The van der Waals surface area contributed by atoms with Gasteiger partial charge in [-0.2, -0.15) is 0 Å². The van der Waals surface area contributed by atoms with E-state index in [0.29, 0.717) is 23.7 Å². The van der Waals surface area contributed by atoms with Crippen molar-refractivity contribution < 1.29 is 23.8 Å². The molecule has 2 aromatic carbocycles. The fraction of sp³-hybridized carbons (Fsp3) is 0.346. The quantitative estimate of drug-likeness (QED) is 0.467. The lowest BCUT2D eigenvalue weighted by Crippen LogP contribution is -2.27. The topological polar surface area (TPSA) is 77.4 Å². The van der Waals surface area contributed by atoms with Crippen LogP contribution in [0.1, 0.15) is 44.4 Å². The summed E-state index contributed by atoms with van der Waals surface area (Å²) in [4.78, 5) is 30.1. The van der Waals surface area contributed by atoms with Crippen molar-refractivity contribution in [1.82, 2.24) is 4.90 Å². The molecule has 7 nitrogen and oxygen atoms in total. The first-order valence-corrected chi connectivity index (χ1v) is 10.8. The zero-order valence-electron chi connectivity index (χ0n) is 20.0. The Balaban J connectivity index is 1.82. The van der Waals surface area contributed by atoms with Crippen LogP contribution >= 0.6 is 0 Å². The van der Waals surface area contributed by atoms with E-state index in [-0.39, 0.29) is 29.5 Å². The van der Waals surface area contributed by atoms with E-state index in [1.807, 2.05) is 31.2 Å². The van der Waals surface area contributed by atoms with Crippen LogP contribution in [0.15, 0.2) is 53.2 Å². The van der Waals surface area contributed by atoms with E-state index >= 15 is 0 Å². The molecule has 0 aromatic heterocycles. The summed E-state index contributed by atoms with van der Waals surface area (Å²) < 4.78 is 16.7. The van der Waals surface area contributed by atoms with Gasteiger partial charge in [0.2, 0.25) is 5.90 Å². The van der Waals surface area contributed by atoms with Crippen molar-refractivity contribution in [3.8, 4) is 11.5 Å². The third-order valence-electron chi connectivity index (χ3n) is 5.04. The summed E-state index contributed by atoms with van der Waals surface area (Å²) in [5.74, 6) is 0.534. The lowest BCUT2D eigenvalue weighted by atomic mass is 9.87. The minimum Gasteiger partial charge on any atom is -0.490 e. The van der Waals surface area contributed by atoms with Gasteiger partial charge in [-0.05, 0) is 53.8 Å². The number of benzene rings is 2. The summed E-state index contributed by atoms with van der Waals surface area (Å²) in [7, 11) is 3.33. The SMILES string of the molecule is CCOc1cc(/C=C2/N=C(c3ccc(C(C)(C)C)cc3)OC2=O)ccc1OCC(=O)N(C)C. The molecule has 0 unspecified atom stereocenters. The van der Waals surface area contributed by atoms with Crippen molar-refractivity contribution in [2.24, 2.45) is 4.99 Å². The molecule has 33 heavy (non-hydrogen) atoms. The maximum absolute atomic E-state index is 12.4. The molecule has 174 valence electrons. The number of cyclic esters (lactones) is 1. The summed E-state index contributed by atoms with van der Waals surface area (Å²) in [5, 5.41) is 0. The van der Waals surface area contributed by atoms with Crippen LogP contribution in [-0.2, 0) is 19.7 Å². The molecule has 0 bridgehead atoms. The number of nitrogens with zero attached hydrogens (tertiary/aromatic N) is 2. The molecule has 0 radical (unpaired) electrons. The first-order valence-electron chi connectivity index (χ1n) is 10.8. The first kappa shape index (κ1) is 24.0. The molecule has 0 fully saturated rings. The molecule has 1 aliphatic heterocycles. The molecule has 0 aliphatic carbocycles. The third kappa shape index (κ3) is 6.00. The molecule has 7 heteroatoms. The summed E-state index contributed by atoms with van der Waals surface area (Å²) in [6.45, 7) is 8.61. The van der Waals surface area contributed by atoms with E-state index in [4.69, 9.17) is 14.2 Å². The molecule has 1 aliphatic rings. The van der Waals surface area contributed by atoms with Crippen LogP contribution in [0, 0.1) is 0 Å². The Kier molecular flexibility index (Phi) is 7.21. The number of hydrogen-bond acceptors (Lipinski definition) is 6. The van der Waals surface area contributed by atoms with Crippen molar-refractivity contribution in [1.29, 1.82) is 0 Å². The minimum atomic E-state index is -0.514. The Morgan fingerprint density at radius 1 is 1.06 bits per heavy atom. The van der Waals surface area contributed by atoms with Crippen molar-refractivity contribution in [3.05, 3.63) is 64.9 Å². The molecule has 0 spiro atoms. The van der Waals surface area contributed by atoms with E-state index in [9.17, 15) is 9.59 Å². The summed E-state index contributed by atoms with van der Waals surface area (Å²) in [6.07, 6.45) is 1.64. The van der Waals surface area contributed by atoms with E-state index in [1.165, 1.54) is 10.5 Å². The largest absolute Gasteiger partial charge is 0.490 e. The molecule has 0 saturated heterocycles. The number of hydrogen-bond donors (Lipinski definition) is 0. The van der Waals surface area contributed by atoms with Crippen LogP contribution in [0.25, 0.3) is 6.08 Å². The summed E-state index contributed by atoms with van der Waals surface area (Å²) >= 11 is 0. The smallest absolute Gasteiger partial charge is 0.363 e. The van der Waals surface area contributed by atoms with Crippen molar-refractivity contribution in [3.63, 3.8) is 0 Å². The Morgan fingerprint density at radius 3 is 2.36 bits per heavy atom. The van der Waals surface area contributed by atoms with Gasteiger partial charge in [-0.15, -0.1) is 0 Å². The number of carbonyl (C=O) groups is 2. The number of likely N-dealkylation sites (N-methyl/N-ethyl adjacent to an activating group) is 1. The third-order valence-corrected chi connectivity index (χ3v) is 5.04. The van der Waals surface area contributed by atoms with E-state index in [1.54, 1.807) is 38.4 Å². The van der Waals surface area contributed by atoms with Gasteiger partial charge in [0.1, 0.15) is 0 Å². The Labute approximate surface area is 194 Å². The molecular formula is C26H30N2O5. The van der Waals surface area contributed by atoms with Gasteiger partial charge in [-0.1, -0.05) is 39.0 Å². The van der Waals surface area contributed by atoms with Crippen molar-refractivity contribution in [2.75, 3.05) is 27.3 Å². The van der Waals surface area contributed by atoms with Crippen molar-refractivity contribution >= 4 is 23.9 Å². The molecule has 0 N–H and O–H groups in total. The lowest BCUT2D eigenvalue weighted by Gasteiger charge is -2.18. The molecule has 0 saturated carbocycles. The van der Waals surface area contributed by atoms with Crippen LogP contribution in [0.2, 0.25) is 0 Å². The fourth-order valence-electron chi connectivity index (χ4n) is 3.07. The molecule has 0 atom stereocenters. The highest BCUT2D eigenvalue weighted by atomic mass is 16.6. The minimum absolute atomic E-state index is 0.0334. The summed E-state index contributed by atoms with van der Waals surface area (Å²) in [5.41, 5.74) is 2.86.